The number of aromatic nitrogens is 2. The number of nitrogens with one attached hydrogen (secondary N) is 1. The normalized spacial score (nSPS) is 24.2. The van der Waals surface area contributed by atoms with E-state index < -0.39 is 0 Å². The van der Waals surface area contributed by atoms with E-state index in [0.29, 0.717) is 12.0 Å². The second-order valence-corrected chi connectivity index (χ2v) is 6.54. The minimum Gasteiger partial charge on any atom is -0.342 e. The van der Waals surface area contributed by atoms with Crippen molar-refractivity contribution in [3.8, 4) is 0 Å². The SMILES string of the molecule is CC(C)(C)c1nc2ccc(C3CC(N)C3)cc2[nH]1. The van der Waals surface area contributed by atoms with Gasteiger partial charge in [0, 0.05) is 11.5 Å². The van der Waals surface area contributed by atoms with Gasteiger partial charge >= 0.3 is 0 Å². The highest BCUT2D eigenvalue weighted by molar-refractivity contribution is 5.76. The van der Waals surface area contributed by atoms with Gasteiger partial charge in [0.1, 0.15) is 5.82 Å². The molecule has 0 atom stereocenters. The van der Waals surface area contributed by atoms with Gasteiger partial charge in [0.15, 0.2) is 0 Å². The molecule has 1 aromatic carbocycles. The molecule has 0 amide bonds. The van der Waals surface area contributed by atoms with E-state index >= 15 is 0 Å². The predicted molar refractivity (Wildman–Crippen MR) is 74.7 cm³/mol. The number of nitrogens with two attached hydrogens (primary N) is 1. The van der Waals surface area contributed by atoms with Gasteiger partial charge in [0.05, 0.1) is 11.0 Å². The van der Waals surface area contributed by atoms with Crippen molar-refractivity contribution >= 4 is 11.0 Å². The molecule has 0 bridgehead atoms. The summed E-state index contributed by atoms with van der Waals surface area (Å²) in [5.74, 6) is 1.70. The standard InChI is InChI=1S/C15H21N3/c1-15(2,3)14-17-12-5-4-9(8-13(12)18-14)10-6-11(16)7-10/h4-5,8,10-11H,6-7,16H2,1-3H3,(H,17,18). The van der Waals surface area contributed by atoms with Crippen molar-refractivity contribution in [3.05, 3.63) is 29.6 Å². The number of nitrogens with zero attached hydrogens (tertiary/aromatic N) is 1. The number of fused-ring (bicyclic) bond motifs is 1. The molecule has 96 valence electrons. The Labute approximate surface area is 108 Å². The first-order valence-corrected chi connectivity index (χ1v) is 6.69. The molecule has 1 aromatic heterocycles. The first-order valence-electron chi connectivity index (χ1n) is 6.69. The largest absolute Gasteiger partial charge is 0.342 e. The molecule has 1 aliphatic rings. The minimum atomic E-state index is 0.0675. The molecule has 1 fully saturated rings. The van der Waals surface area contributed by atoms with E-state index in [1.807, 2.05) is 0 Å². The fourth-order valence-electron chi connectivity index (χ4n) is 2.57. The van der Waals surface area contributed by atoms with Crippen LogP contribution in [-0.2, 0) is 5.41 Å². The number of hydrogen-bond donors (Lipinski definition) is 2. The Morgan fingerprint density at radius 2 is 2.00 bits per heavy atom. The van der Waals surface area contributed by atoms with Crippen LogP contribution in [0.25, 0.3) is 11.0 Å². The maximum Gasteiger partial charge on any atom is 0.112 e. The van der Waals surface area contributed by atoms with E-state index in [2.05, 4.69) is 48.9 Å². The molecule has 1 heterocycles. The lowest BCUT2D eigenvalue weighted by Crippen LogP contribution is -2.34. The summed E-state index contributed by atoms with van der Waals surface area (Å²) in [4.78, 5) is 8.11. The zero-order valence-electron chi connectivity index (χ0n) is 11.3. The molecule has 0 unspecified atom stereocenters. The molecule has 3 heteroatoms. The van der Waals surface area contributed by atoms with E-state index in [4.69, 9.17) is 5.73 Å². The summed E-state index contributed by atoms with van der Waals surface area (Å²) in [6.45, 7) is 6.53. The van der Waals surface area contributed by atoms with Gasteiger partial charge in [-0.25, -0.2) is 4.98 Å². The molecule has 18 heavy (non-hydrogen) atoms. The summed E-state index contributed by atoms with van der Waals surface area (Å²) in [5, 5.41) is 0. The number of H-pyrrole nitrogens is 1. The van der Waals surface area contributed by atoms with E-state index in [0.717, 1.165) is 29.7 Å². The second kappa shape index (κ2) is 3.82. The number of aromatic amines is 1. The van der Waals surface area contributed by atoms with E-state index in [-0.39, 0.29) is 5.41 Å². The summed E-state index contributed by atoms with van der Waals surface area (Å²) in [6.07, 6.45) is 2.23. The Hall–Kier alpha value is -1.35. The van der Waals surface area contributed by atoms with Crippen molar-refractivity contribution in [2.75, 3.05) is 0 Å². The fourth-order valence-corrected chi connectivity index (χ4v) is 2.57. The molecule has 3 nitrogen and oxygen atoms in total. The Kier molecular flexibility index (Phi) is 2.49. The van der Waals surface area contributed by atoms with Gasteiger partial charge < -0.3 is 10.7 Å². The maximum atomic E-state index is 5.86. The van der Waals surface area contributed by atoms with Crippen LogP contribution in [0.4, 0.5) is 0 Å². The van der Waals surface area contributed by atoms with Crippen molar-refractivity contribution in [2.24, 2.45) is 5.73 Å². The van der Waals surface area contributed by atoms with Crippen LogP contribution in [0.15, 0.2) is 18.2 Å². The second-order valence-electron chi connectivity index (χ2n) is 6.54. The molecule has 1 aliphatic carbocycles. The monoisotopic (exact) mass is 243 g/mol. The van der Waals surface area contributed by atoms with Gasteiger partial charge in [-0.3, -0.25) is 0 Å². The van der Waals surface area contributed by atoms with Crippen LogP contribution >= 0.6 is 0 Å². The van der Waals surface area contributed by atoms with Crippen molar-refractivity contribution < 1.29 is 0 Å². The molecule has 2 aromatic rings. The third kappa shape index (κ3) is 1.93. The first-order chi connectivity index (χ1) is 8.43. The molecule has 0 radical (unpaired) electrons. The number of hydrogen-bond acceptors (Lipinski definition) is 2. The minimum absolute atomic E-state index is 0.0675. The molecular formula is C15H21N3. The average Bonchev–Trinajstić information content (AvgIpc) is 2.66. The third-order valence-corrected chi connectivity index (χ3v) is 3.86. The highest BCUT2D eigenvalue weighted by Crippen LogP contribution is 2.36. The van der Waals surface area contributed by atoms with Crippen LogP contribution in [-0.4, -0.2) is 16.0 Å². The predicted octanol–water partition coefficient (Wildman–Crippen LogP) is 3.07. The lowest BCUT2D eigenvalue weighted by atomic mass is 9.76. The maximum absolute atomic E-state index is 5.86. The fraction of sp³-hybridized carbons (Fsp3) is 0.533. The Morgan fingerprint density at radius 1 is 1.28 bits per heavy atom. The third-order valence-electron chi connectivity index (χ3n) is 3.86. The summed E-state index contributed by atoms with van der Waals surface area (Å²) in [7, 11) is 0. The molecular weight excluding hydrogens is 222 g/mol. The first kappa shape index (κ1) is 11.7. The lowest BCUT2D eigenvalue weighted by molar-refractivity contribution is 0.352. The van der Waals surface area contributed by atoms with Crippen LogP contribution in [0.2, 0.25) is 0 Å². The van der Waals surface area contributed by atoms with Gasteiger partial charge in [0.2, 0.25) is 0 Å². The zero-order chi connectivity index (χ0) is 12.9. The van der Waals surface area contributed by atoms with Crippen molar-refractivity contribution in [1.29, 1.82) is 0 Å². The van der Waals surface area contributed by atoms with Gasteiger partial charge in [0.25, 0.3) is 0 Å². The van der Waals surface area contributed by atoms with Crippen LogP contribution in [0.1, 0.15) is 50.9 Å². The van der Waals surface area contributed by atoms with E-state index in [1.54, 1.807) is 0 Å². The number of imidazole rings is 1. The van der Waals surface area contributed by atoms with Gasteiger partial charge in [-0.15, -0.1) is 0 Å². The van der Waals surface area contributed by atoms with Crippen molar-refractivity contribution in [3.63, 3.8) is 0 Å². The lowest BCUT2D eigenvalue weighted by Gasteiger charge is -2.32. The summed E-state index contributed by atoms with van der Waals surface area (Å²) >= 11 is 0. The molecule has 1 saturated carbocycles. The number of benzene rings is 1. The van der Waals surface area contributed by atoms with Crippen LogP contribution in [0.5, 0.6) is 0 Å². The van der Waals surface area contributed by atoms with Crippen LogP contribution in [0, 0.1) is 0 Å². The van der Waals surface area contributed by atoms with E-state index in [1.165, 1.54) is 5.56 Å². The van der Waals surface area contributed by atoms with Gasteiger partial charge in [-0.05, 0) is 36.5 Å². The van der Waals surface area contributed by atoms with Gasteiger partial charge in [-0.2, -0.15) is 0 Å². The van der Waals surface area contributed by atoms with Gasteiger partial charge in [-0.1, -0.05) is 26.8 Å². The molecule has 0 saturated heterocycles. The topological polar surface area (TPSA) is 54.7 Å². The highest BCUT2D eigenvalue weighted by atomic mass is 14.9. The van der Waals surface area contributed by atoms with E-state index in [9.17, 15) is 0 Å². The zero-order valence-corrected chi connectivity index (χ0v) is 11.3. The molecule has 3 rings (SSSR count). The van der Waals surface area contributed by atoms with Crippen molar-refractivity contribution in [1.82, 2.24) is 9.97 Å². The molecule has 0 spiro atoms. The Morgan fingerprint density at radius 3 is 2.61 bits per heavy atom. The summed E-state index contributed by atoms with van der Waals surface area (Å²) < 4.78 is 0. The number of rotatable bonds is 1. The Bertz CT molecular complexity index is 571. The molecule has 3 N–H and O–H groups in total. The average molecular weight is 243 g/mol. The Balaban J connectivity index is 1.97. The smallest absolute Gasteiger partial charge is 0.112 e. The quantitative estimate of drug-likeness (QED) is 0.808. The highest BCUT2D eigenvalue weighted by Gasteiger charge is 2.27. The van der Waals surface area contributed by atoms with Crippen molar-refractivity contribution in [2.45, 2.75) is 51.0 Å². The molecule has 0 aliphatic heterocycles. The van der Waals surface area contributed by atoms with Crippen LogP contribution in [0.3, 0.4) is 0 Å². The van der Waals surface area contributed by atoms with Crippen LogP contribution < -0.4 is 5.73 Å². The summed E-state index contributed by atoms with van der Waals surface area (Å²) in [5.41, 5.74) is 9.54. The summed E-state index contributed by atoms with van der Waals surface area (Å²) in [6, 6.07) is 6.97.